The quantitative estimate of drug-likeness (QED) is 0.688. The molecule has 1 heterocycles. The molecule has 0 saturated heterocycles. The van der Waals surface area contributed by atoms with Crippen LogP contribution in [-0.2, 0) is 0 Å². The first-order valence-electron chi connectivity index (χ1n) is 6.18. The van der Waals surface area contributed by atoms with Crippen molar-refractivity contribution in [1.29, 1.82) is 0 Å². The van der Waals surface area contributed by atoms with Gasteiger partial charge in [-0.1, -0.05) is 0 Å². The molecule has 0 atom stereocenters. The first kappa shape index (κ1) is 12.5. The van der Waals surface area contributed by atoms with E-state index in [2.05, 4.69) is 10.5 Å². The fourth-order valence-corrected chi connectivity index (χ4v) is 1.86. The third kappa shape index (κ3) is 2.56. The van der Waals surface area contributed by atoms with Gasteiger partial charge in [0, 0.05) is 5.56 Å². The first-order valence-corrected chi connectivity index (χ1v) is 6.18. The molecule has 1 aliphatic heterocycles. The van der Waals surface area contributed by atoms with Crippen molar-refractivity contribution in [3.05, 3.63) is 53.8 Å². The van der Waals surface area contributed by atoms with Gasteiger partial charge in [-0.15, -0.1) is 0 Å². The predicted molar refractivity (Wildman–Crippen MR) is 74.8 cm³/mol. The Bertz CT molecular complexity index is 653. The summed E-state index contributed by atoms with van der Waals surface area (Å²) < 4.78 is 23.4. The number of rotatable bonds is 3. The van der Waals surface area contributed by atoms with Gasteiger partial charge in [0.15, 0.2) is 11.5 Å². The molecule has 2 aromatic carbocycles. The minimum absolute atomic E-state index is 0.253. The number of hydrazone groups is 1. The predicted octanol–water partition coefficient (Wildman–Crippen LogP) is 3.39. The van der Waals surface area contributed by atoms with Crippen LogP contribution in [0.3, 0.4) is 0 Å². The van der Waals surface area contributed by atoms with E-state index in [1.807, 2.05) is 25.1 Å². The first-order chi connectivity index (χ1) is 9.72. The minimum Gasteiger partial charge on any atom is -0.454 e. The van der Waals surface area contributed by atoms with Gasteiger partial charge in [0.05, 0.1) is 11.4 Å². The average Bonchev–Trinajstić information content (AvgIpc) is 2.93. The van der Waals surface area contributed by atoms with Gasteiger partial charge < -0.3 is 9.47 Å². The van der Waals surface area contributed by atoms with Gasteiger partial charge in [0.1, 0.15) is 5.82 Å². The third-order valence-electron chi connectivity index (χ3n) is 2.99. The van der Waals surface area contributed by atoms with Crippen LogP contribution < -0.4 is 14.9 Å². The number of nitrogens with one attached hydrogen (secondary N) is 1. The molecule has 0 spiro atoms. The highest BCUT2D eigenvalue weighted by atomic mass is 19.1. The maximum Gasteiger partial charge on any atom is 0.231 e. The zero-order valence-corrected chi connectivity index (χ0v) is 10.9. The molecule has 0 fully saturated rings. The van der Waals surface area contributed by atoms with Crippen molar-refractivity contribution in [2.75, 3.05) is 12.2 Å². The number of anilines is 1. The van der Waals surface area contributed by atoms with Crippen LogP contribution in [0.5, 0.6) is 11.5 Å². The van der Waals surface area contributed by atoms with Crippen molar-refractivity contribution in [2.24, 2.45) is 5.10 Å². The second kappa shape index (κ2) is 5.21. The molecule has 20 heavy (non-hydrogen) atoms. The van der Waals surface area contributed by atoms with E-state index in [0.717, 1.165) is 28.5 Å². The summed E-state index contributed by atoms with van der Waals surface area (Å²) >= 11 is 0. The van der Waals surface area contributed by atoms with Crippen LogP contribution in [0.25, 0.3) is 0 Å². The number of ether oxygens (including phenoxy) is 2. The molecule has 0 unspecified atom stereocenters. The number of hydrogen-bond acceptors (Lipinski definition) is 4. The van der Waals surface area contributed by atoms with Gasteiger partial charge in [-0.05, 0) is 49.4 Å². The molecule has 4 nitrogen and oxygen atoms in total. The Balaban J connectivity index is 1.76. The van der Waals surface area contributed by atoms with Crippen LogP contribution in [0.2, 0.25) is 0 Å². The van der Waals surface area contributed by atoms with E-state index in [4.69, 9.17) is 9.47 Å². The molecule has 0 aliphatic carbocycles. The van der Waals surface area contributed by atoms with Crippen molar-refractivity contribution in [3.63, 3.8) is 0 Å². The summed E-state index contributed by atoms with van der Waals surface area (Å²) in [7, 11) is 0. The fraction of sp³-hybridized carbons (Fsp3) is 0.133. The smallest absolute Gasteiger partial charge is 0.231 e. The minimum atomic E-state index is -0.271. The van der Waals surface area contributed by atoms with E-state index in [1.54, 1.807) is 12.1 Å². The summed E-state index contributed by atoms with van der Waals surface area (Å²) in [4.78, 5) is 0. The molecule has 0 radical (unpaired) electrons. The lowest BCUT2D eigenvalue weighted by Gasteiger charge is -2.04. The highest BCUT2D eigenvalue weighted by molar-refractivity contribution is 5.99. The standard InChI is InChI=1S/C15H13FN2O2/c1-10(17-18-13-5-3-12(16)4-6-13)11-2-7-14-15(8-11)20-9-19-14/h2-8,18H,9H2,1H3/b17-10-. The maximum atomic E-state index is 12.8. The van der Waals surface area contributed by atoms with Gasteiger partial charge in [-0.25, -0.2) is 4.39 Å². The summed E-state index contributed by atoms with van der Waals surface area (Å²) in [6, 6.07) is 11.7. The lowest BCUT2D eigenvalue weighted by molar-refractivity contribution is 0.174. The fourth-order valence-electron chi connectivity index (χ4n) is 1.86. The summed E-state index contributed by atoms with van der Waals surface area (Å²) in [5, 5.41) is 4.27. The van der Waals surface area contributed by atoms with Gasteiger partial charge in [-0.3, -0.25) is 5.43 Å². The van der Waals surface area contributed by atoms with Crippen molar-refractivity contribution in [2.45, 2.75) is 6.92 Å². The van der Waals surface area contributed by atoms with Crippen LogP contribution in [0.1, 0.15) is 12.5 Å². The molecule has 3 rings (SSSR count). The van der Waals surface area contributed by atoms with Crippen LogP contribution >= 0.6 is 0 Å². The van der Waals surface area contributed by atoms with Gasteiger partial charge in [0.25, 0.3) is 0 Å². The number of fused-ring (bicyclic) bond motifs is 1. The third-order valence-corrected chi connectivity index (χ3v) is 2.99. The lowest BCUT2D eigenvalue weighted by atomic mass is 10.1. The zero-order valence-electron chi connectivity index (χ0n) is 10.9. The molecule has 0 aromatic heterocycles. The van der Waals surface area contributed by atoms with E-state index in [-0.39, 0.29) is 12.6 Å². The Kier molecular flexibility index (Phi) is 3.25. The number of benzene rings is 2. The normalized spacial score (nSPS) is 13.4. The topological polar surface area (TPSA) is 42.9 Å². The summed E-state index contributed by atoms with van der Waals surface area (Å²) in [6.45, 7) is 2.14. The van der Waals surface area contributed by atoms with E-state index in [0.29, 0.717) is 0 Å². The van der Waals surface area contributed by atoms with Crippen molar-refractivity contribution in [1.82, 2.24) is 0 Å². The number of halogens is 1. The highest BCUT2D eigenvalue weighted by Crippen LogP contribution is 2.32. The van der Waals surface area contributed by atoms with Gasteiger partial charge >= 0.3 is 0 Å². The Morgan fingerprint density at radius 2 is 1.85 bits per heavy atom. The van der Waals surface area contributed by atoms with Crippen molar-refractivity contribution in [3.8, 4) is 11.5 Å². The summed E-state index contributed by atoms with van der Waals surface area (Å²) in [5.74, 6) is 1.19. The monoisotopic (exact) mass is 272 g/mol. The SMILES string of the molecule is C/C(=N/Nc1ccc(F)cc1)c1ccc2c(c1)OCO2. The molecule has 5 heteroatoms. The van der Waals surface area contributed by atoms with E-state index < -0.39 is 0 Å². The maximum absolute atomic E-state index is 12.8. The average molecular weight is 272 g/mol. The zero-order chi connectivity index (χ0) is 13.9. The van der Waals surface area contributed by atoms with Gasteiger partial charge in [-0.2, -0.15) is 5.10 Å². The Hall–Kier alpha value is -2.56. The summed E-state index contributed by atoms with van der Waals surface area (Å²) in [6.07, 6.45) is 0. The lowest BCUT2D eigenvalue weighted by Crippen LogP contribution is -1.99. The van der Waals surface area contributed by atoms with Crippen molar-refractivity contribution < 1.29 is 13.9 Å². The second-order valence-electron chi connectivity index (χ2n) is 4.38. The van der Waals surface area contributed by atoms with E-state index >= 15 is 0 Å². The Morgan fingerprint density at radius 3 is 2.65 bits per heavy atom. The molecule has 102 valence electrons. The molecule has 1 N–H and O–H groups in total. The molecule has 0 saturated carbocycles. The molecule has 0 bridgehead atoms. The Morgan fingerprint density at radius 1 is 1.10 bits per heavy atom. The second-order valence-corrected chi connectivity index (χ2v) is 4.38. The number of nitrogens with zero attached hydrogens (tertiary/aromatic N) is 1. The molecule has 2 aromatic rings. The van der Waals surface area contributed by atoms with Gasteiger partial charge in [0.2, 0.25) is 6.79 Å². The largest absolute Gasteiger partial charge is 0.454 e. The van der Waals surface area contributed by atoms with E-state index in [1.165, 1.54) is 12.1 Å². The molecule has 1 aliphatic rings. The van der Waals surface area contributed by atoms with Crippen LogP contribution in [0.4, 0.5) is 10.1 Å². The van der Waals surface area contributed by atoms with Crippen LogP contribution in [-0.4, -0.2) is 12.5 Å². The van der Waals surface area contributed by atoms with E-state index in [9.17, 15) is 4.39 Å². The summed E-state index contributed by atoms with van der Waals surface area (Å²) in [5.41, 5.74) is 5.35. The Labute approximate surface area is 115 Å². The van der Waals surface area contributed by atoms with Crippen molar-refractivity contribution >= 4 is 11.4 Å². The molecular weight excluding hydrogens is 259 g/mol. The van der Waals surface area contributed by atoms with Crippen LogP contribution in [0, 0.1) is 5.82 Å². The number of hydrogen-bond donors (Lipinski definition) is 1. The molecular formula is C15H13FN2O2. The highest BCUT2D eigenvalue weighted by Gasteiger charge is 2.13. The molecule has 0 amide bonds. The van der Waals surface area contributed by atoms with Crippen LogP contribution in [0.15, 0.2) is 47.6 Å².